The smallest absolute Gasteiger partial charge is 0.262 e. The van der Waals surface area contributed by atoms with Crippen LogP contribution in [0, 0.1) is 0 Å². The van der Waals surface area contributed by atoms with Crippen molar-refractivity contribution in [3.05, 3.63) is 56.2 Å². The number of ether oxygens (including phenoxy) is 2. The lowest BCUT2D eigenvalue weighted by Crippen LogP contribution is -2.24. The van der Waals surface area contributed by atoms with Gasteiger partial charge in [0.15, 0.2) is 0 Å². The molecule has 0 atom stereocenters. The molecule has 10 heteroatoms. The molecular weight excluding hydrogens is 539 g/mol. The summed E-state index contributed by atoms with van der Waals surface area (Å²) in [5, 5.41) is 8.56. The van der Waals surface area contributed by atoms with Crippen LogP contribution in [0.25, 0.3) is 20.2 Å². The van der Waals surface area contributed by atoms with E-state index in [1.54, 1.807) is 14.2 Å². The van der Waals surface area contributed by atoms with E-state index < -0.39 is 0 Å². The number of halogens is 2. The van der Waals surface area contributed by atoms with Crippen LogP contribution in [0.15, 0.2) is 36.4 Å². The van der Waals surface area contributed by atoms with Crippen LogP contribution in [-0.4, -0.2) is 39.1 Å². The fourth-order valence-electron chi connectivity index (χ4n) is 3.80. The number of nitrogens with one attached hydrogen (secondary N) is 2. The minimum absolute atomic E-state index is 0.162. The fourth-order valence-corrected chi connectivity index (χ4v) is 6.73. The van der Waals surface area contributed by atoms with Gasteiger partial charge >= 0.3 is 0 Å². The maximum Gasteiger partial charge on any atom is 0.262 e. The number of carbonyl (C=O) groups excluding carboxylic acids is 2. The van der Waals surface area contributed by atoms with E-state index in [0.717, 1.165) is 57.4 Å². The van der Waals surface area contributed by atoms with E-state index in [4.69, 9.17) is 32.7 Å². The predicted molar refractivity (Wildman–Crippen MR) is 150 cm³/mol. The van der Waals surface area contributed by atoms with Crippen molar-refractivity contribution in [1.29, 1.82) is 0 Å². The number of fused-ring (bicyclic) bond motifs is 2. The van der Waals surface area contributed by atoms with Crippen LogP contribution in [0.1, 0.15) is 45.0 Å². The number of hydrogen-bond donors (Lipinski definition) is 2. The highest BCUT2D eigenvalue weighted by Crippen LogP contribution is 2.38. The van der Waals surface area contributed by atoms with Crippen molar-refractivity contribution in [2.75, 3.05) is 27.3 Å². The van der Waals surface area contributed by atoms with Gasteiger partial charge in [-0.1, -0.05) is 36.0 Å². The summed E-state index contributed by atoms with van der Waals surface area (Å²) in [5.41, 5.74) is 0. The summed E-state index contributed by atoms with van der Waals surface area (Å²) in [7, 11) is 3.22. The molecule has 2 N–H and O–H groups in total. The van der Waals surface area contributed by atoms with Crippen molar-refractivity contribution >= 4 is 77.9 Å². The zero-order valence-corrected chi connectivity index (χ0v) is 23.1. The Morgan fingerprint density at radius 1 is 0.722 bits per heavy atom. The number of thiophene rings is 2. The van der Waals surface area contributed by atoms with Crippen LogP contribution in [-0.2, 0) is 0 Å². The lowest BCUT2D eigenvalue weighted by molar-refractivity contribution is 0.0947. The van der Waals surface area contributed by atoms with Crippen LogP contribution in [0.5, 0.6) is 11.5 Å². The molecule has 2 aromatic carbocycles. The molecule has 0 fully saturated rings. The maximum atomic E-state index is 12.6. The number of rotatable bonds is 11. The Kier molecular flexibility index (Phi) is 8.95. The maximum absolute atomic E-state index is 12.6. The fraction of sp³-hybridized carbons (Fsp3) is 0.308. The van der Waals surface area contributed by atoms with E-state index in [-0.39, 0.29) is 11.8 Å². The van der Waals surface area contributed by atoms with E-state index >= 15 is 0 Å². The quantitative estimate of drug-likeness (QED) is 0.189. The molecule has 6 nitrogen and oxygen atoms in total. The SMILES string of the molecule is COc1ccc2c(Cl)c(C(=O)NCCCCCCNC(=O)c3sc4cc(OC)ccc4c3Cl)sc2c1. The van der Waals surface area contributed by atoms with Gasteiger partial charge < -0.3 is 20.1 Å². The lowest BCUT2D eigenvalue weighted by Gasteiger charge is -2.06. The van der Waals surface area contributed by atoms with Crippen molar-refractivity contribution < 1.29 is 19.1 Å². The van der Waals surface area contributed by atoms with Gasteiger partial charge in [-0.05, 0) is 49.2 Å². The topological polar surface area (TPSA) is 76.7 Å². The molecule has 2 amide bonds. The molecule has 0 radical (unpaired) electrons. The molecular formula is C26H26Cl2N2O4S2. The van der Waals surface area contributed by atoms with E-state index in [1.807, 2.05) is 36.4 Å². The minimum atomic E-state index is -0.162. The van der Waals surface area contributed by atoms with E-state index in [1.165, 1.54) is 22.7 Å². The van der Waals surface area contributed by atoms with Crippen LogP contribution >= 0.6 is 45.9 Å². The highest BCUT2D eigenvalue weighted by Gasteiger charge is 2.18. The Labute approximate surface area is 227 Å². The molecule has 4 aromatic rings. The largest absolute Gasteiger partial charge is 0.497 e. The predicted octanol–water partition coefficient (Wildman–Crippen LogP) is 7.16. The molecule has 0 spiro atoms. The monoisotopic (exact) mass is 564 g/mol. The van der Waals surface area contributed by atoms with Crippen molar-refractivity contribution in [3.8, 4) is 11.5 Å². The molecule has 0 aliphatic rings. The van der Waals surface area contributed by atoms with Gasteiger partial charge in [-0.2, -0.15) is 0 Å². The summed E-state index contributed by atoms with van der Waals surface area (Å²) >= 11 is 15.6. The second-order valence-electron chi connectivity index (χ2n) is 8.14. The Balaban J connectivity index is 1.16. The van der Waals surface area contributed by atoms with Crippen molar-refractivity contribution in [2.24, 2.45) is 0 Å². The van der Waals surface area contributed by atoms with Crippen LogP contribution < -0.4 is 20.1 Å². The summed E-state index contributed by atoms with van der Waals surface area (Å²) in [4.78, 5) is 26.2. The second kappa shape index (κ2) is 12.1. The molecule has 2 aromatic heterocycles. The number of amides is 2. The van der Waals surface area contributed by atoms with Gasteiger partial charge in [-0.15, -0.1) is 22.7 Å². The average molecular weight is 566 g/mol. The minimum Gasteiger partial charge on any atom is -0.497 e. The van der Waals surface area contributed by atoms with Crippen LogP contribution in [0.2, 0.25) is 10.0 Å². The lowest BCUT2D eigenvalue weighted by atomic mass is 10.2. The molecule has 2 heterocycles. The van der Waals surface area contributed by atoms with Gasteiger partial charge in [0.1, 0.15) is 21.3 Å². The van der Waals surface area contributed by atoms with E-state index in [9.17, 15) is 9.59 Å². The normalized spacial score (nSPS) is 11.1. The average Bonchev–Trinajstić information content (AvgIpc) is 3.41. The molecule has 0 saturated carbocycles. The number of methoxy groups -OCH3 is 2. The van der Waals surface area contributed by atoms with Gasteiger partial charge in [0.05, 0.1) is 24.3 Å². The Hall–Kier alpha value is -2.52. The summed E-state index contributed by atoms with van der Waals surface area (Å²) in [5.74, 6) is 1.14. The first-order valence-corrected chi connectivity index (χ1v) is 13.9. The highest BCUT2D eigenvalue weighted by molar-refractivity contribution is 7.22. The highest BCUT2D eigenvalue weighted by atomic mass is 35.5. The number of unbranched alkanes of at least 4 members (excludes halogenated alkanes) is 3. The van der Waals surface area contributed by atoms with Gasteiger partial charge in [0.2, 0.25) is 0 Å². The van der Waals surface area contributed by atoms with Gasteiger partial charge in [0, 0.05) is 33.3 Å². The number of carbonyl (C=O) groups is 2. The second-order valence-corrected chi connectivity index (χ2v) is 11.0. The Morgan fingerprint density at radius 2 is 1.14 bits per heavy atom. The molecule has 36 heavy (non-hydrogen) atoms. The molecule has 4 rings (SSSR count). The van der Waals surface area contributed by atoms with E-state index in [2.05, 4.69) is 10.6 Å². The first kappa shape index (κ1) is 26.5. The third-order valence-electron chi connectivity index (χ3n) is 5.76. The molecule has 0 aliphatic carbocycles. The Morgan fingerprint density at radius 3 is 1.53 bits per heavy atom. The molecule has 0 unspecified atom stereocenters. The zero-order chi connectivity index (χ0) is 25.7. The van der Waals surface area contributed by atoms with Crippen molar-refractivity contribution in [3.63, 3.8) is 0 Å². The van der Waals surface area contributed by atoms with Crippen molar-refractivity contribution in [2.45, 2.75) is 25.7 Å². The van der Waals surface area contributed by atoms with Gasteiger partial charge in [-0.25, -0.2) is 0 Å². The van der Waals surface area contributed by atoms with E-state index in [0.29, 0.717) is 32.9 Å². The van der Waals surface area contributed by atoms with Crippen LogP contribution in [0.3, 0.4) is 0 Å². The van der Waals surface area contributed by atoms with Crippen LogP contribution in [0.4, 0.5) is 0 Å². The van der Waals surface area contributed by atoms with Gasteiger partial charge in [0.25, 0.3) is 11.8 Å². The molecule has 0 aliphatic heterocycles. The summed E-state index contributed by atoms with van der Waals surface area (Å²) in [6.07, 6.45) is 3.58. The Bertz CT molecular complexity index is 1290. The summed E-state index contributed by atoms with van der Waals surface area (Å²) in [6.45, 7) is 1.14. The third-order valence-corrected chi connectivity index (χ3v) is 9.07. The first-order valence-electron chi connectivity index (χ1n) is 11.5. The third kappa shape index (κ3) is 5.89. The number of benzene rings is 2. The zero-order valence-electron chi connectivity index (χ0n) is 19.9. The van der Waals surface area contributed by atoms with Gasteiger partial charge in [-0.3, -0.25) is 9.59 Å². The summed E-state index contributed by atoms with van der Waals surface area (Å²) in [6, 6.07) is 11.2. The molecule has 0 bridgehead atoms. The standard InChI is InChI=1S/C26H26Cl2N2O4S2/c1-33-15-7-9-17-19(13-15)35-23(21(17)27)25(31)29-11-5-3-4-6-12-30-26(32)24-22(28)18-10-8-16(34-2)14-20(18)36-24/h7-10,13-14H,3-6,11-12H2,1-2H3,(H,29,31)(H,30,32). The number of hydrogen-bond acceptors (Lipinski definition) is 6. The summed E-state index contributed by atoms with van der Waals surface area (Å²) < 4.78 is 12.3. The molecule has 190 valence electrons. The van der Waals surface area contributed by atoms with Crippen molar-refractivity contribution in [1.82, 2.24) is 10.6 Å². The first-order chi connectivity index (χ1) is 17.4. The molecule has 0 saturated heterocycles.